The Morgan fingerprint density at radius 3 is 2.43 bits per heavy atom. The molecule has 0 aliphatic carbocycles. The number of aryl methyl sites for hydroxylation is 1. The highest BCUT2D eigenvalue weighted by atomic mass is 16.3. The van der Waals surface area contributed by atoms with Gasteiger partial charge >= 0.3 is 0 Å². The normalized spacial score (nSPS) is 18.8. The van der Waals surface area contributed by atoms with Gasteiger partial charge in [0.2, 0.25) is 0 Å². The van der Waals surface area contributed by atoms with Crippen LogP contribution >= 0.6 is 0 Å². The first-order chi connectivity index (χ1) is 9.77. The molecule has 1 aromatic heterocycles. The second-order valence-electron chi connectivity index (χ2n) is 6.88. The smallest absolute Gasteiger partial charge is 0.257 e. The summed E-state index contributed by atoms with van der Waals surface area (Å²) in [7, 11) is 1.81. The van der Waals surface area contributed by atoms with E-state index in [1.807, 2.05) is 32.7 Å². The molecular formula is C15H26N4O2. The lowest BCUT2D eigenvalue weighted by molar-refractivity contribution is 0.0137. The van der Waals surface area contributed by atoms with Gasteiger partial charge in [-0.25, -0.2) is 0 Å². The minimum atomic E-state index is -0.349. The molecule has 1 N–H and O–H groups in total. The van der Waals surface area contributed by atoms with Gasteiger partial charge in [-0.3, -0.25) is 14.4 Å². The molecule has 21 heavy (non-hydrogen) atoms. The van der Waals surface area contributed by atoms with Gasteiger partial charge in [-0.15, -0.1) is 0 Å². The molecule has 1 saturated heterocycles. The van der Waals surface area contributed by atoms with Gasteiger partial charge in [-0.2, -0.15) is 5.10 Å². The summed E-state index contributed by atoms with van der Waals surface area (Å²) in [6, 6.07) is 0. The average molecular weight is 294 g/mol. The molecule has 1 atom stereocenters. The SMILES string of the molecule is Cn1cc(C(=O)N2CCN(C[C@@H](O)C(C)(C)C)CC2)cn1. The van der Waals surface area contributed by atoms with Crippen LogP contribution in [0, 0.1) is 5.41 Å². The first-order valence-corrected chi connectivity index (χ1v) is 7.45. The van der Waals surface area contributed by atoms with Crippen LogP contribution in [0.5, 0.6) is 0 Å². The molecule has 1 aliphatic rings. The molecule has 6 nitrogen and oxygen atoms in total. The molecule has 0 aromatic carbocycles. The van der Waals surface area contributed by atoms with Crippen molar-refractivity contribution in [3.63, 3.8) is 0 Å². The molecule has 1 amide bonds. The number of amides is 1. The van der Waals surface area contributed by atoms with E-state index in [2.05, 4.69) is 10.00 Å². The van der Waals surface area contributed by atoms with Crippen LogP contribution in [-0.4, -0.2) is 69.4 Å². The Balaban J connectivity index is 1.84. The van der Waals surface area contributed by atoms with Crippen LogP contribution in [0.1, 0.15) is 31.1 Å². The first-order valence-electron chi connectivity index (χ1n) is 7.45. The molecule has 0 radical (unpaired) electrons. The Kier molecular flexibility index (Phi) is 4.68. The van der Waals surface area contributed by atoms with Crippen LogP contribution in [0.15, 0.2) is 12.4 Å². The number of nitrogens with zero attached hydrogens (tertiary/aromatic N) is 4. The molecule has 0 saturated carbocycles. The van der Waals surface area contributed by atoms with Gasteiger partial charge in [0.1, 0.15) is 0 Å². The fourth-order valence-electron chi connectivity index (χ4n) is 2.37. The van der Waals surface area contributed by atoms with E-state index in [9.17, 15) is 9.90 Å². The number of carbonyl (C=O) groups is 1. The molecule has 6 heteroatoms. The highest BCUT2D eigenvalue weighted by Gasteiger charge is 2.28. The third-order valence-corrected chi connectivity index (χ3v) is 4.04. The number of rotatable bonds is 3. The zero-order valence-corrected chi connectivity index (χ0v) is 13.4. The quantitative estimate of drug-likeness (QED) is 0.886. The van der Waals surface area contributed by atoms with Crippen LogP contribution in [0.3, 0.4) is 0 Å². The van der Waals surface area contributed by atoms with E-state index in [0.717, 1.165) is 13.1 Å². The predicted molar refractivity (Wildman–Crippen MR) is 81.0 cm³/mol. The number of β-amino-alcohol motifs (C(OH)–C–C–N with tert-alkyl or cyclic N) is 1. The van der Waals surface area contributed by atoms with Crippen LogP contribution in [0.25, 0.3) is 0 Å². The summed E-state index contributed by atoms with van der Waals surface area (Å²) >= 11 is 0. The zero-order chi connectivity index (χ0) is 15.6. The summed E-state index contributed by atoms with van der Waals surface area (Å²) in [5, 5.41) is 14.2. The Bertz CT molecular complexity index is 484. The molecule has 118 valence electrons. The minimum absolute atomic E-state index is 0.0409. The van der Waals surface area contributed by atoms with E-state index < -0.39 is 0 Å². The highest BCUT2D eigenvalue weighted by Crippen LogP contribution is 2.20. The lowest BCUT2D eigenvalue weighted by Gasteiger charge is -2.37. The average Bonchev–Trinajstić information content (AvgIpc) is 2.84. The van der Waals surface area contributed by atoms with Crippen molar-refractivity contribution in [3.8, 4) is 0 Å². The van der Waals surface area contributed by atoms with Crippen molar-refractivity contribution in [2.24, 2.45) is 12.5 Å². The molecule has 0 unspecified atom stereocenters. The Labute approximate surface area is 126 Å². The first kappa shape index (κ1) is 16.0. The van der Waals surface area contributed by atoms with Crippen LogP contribution in [-0.2, 0) is 7.05 Å². The number of carbonyl (C=O) groups excluding carboxylic acids is 1. The fraction of sp³-hybridized carbons (Fsp3) is 0.733. The van der Waals surface area contributed by atoms with Crippen molar-refractivity contribution in [3.05, 3.63) is 18.0 Å². The molecular weight excluding hydrogens is 268 g/mol. The lowest BCUT2D eigenvalue weighted by atomic mass is 9.89. The van der Waals surface area contributed by atoms with E-state index >= 15 is 0 Å². The number of aliphatic hydroxyl groups excluding tert-OH is 1. The van der Waals surface area contributed by atoms with Crippen molar-refractivity contribution < 1.29 is 9.90 Å². The van der Waals surface area contributed by atoms with E-state index in [1.165, 1.54) is 0 Å². The van der Waals surface area contributed by atoms with Gasteiger partial charge in [-0.1, -0.05) is 20.8 Å². The number of hydrogen-bond acceptors (Lipinski definition) is 4. The van der Waals surface area contributed by atoms with Gasteiger partial charge in [0.25, 0.3) is 5.91 Å². The number of aromatic nitrogens is 2. The molecule has 2 rings (SSSR count). The van der Waals surface area contributed by atoms with E-state index in [-0.39, 0.29) is 17.4 Å². The summed E-state index contributed by atoms with van der Waals surface area (Å²) in [4.78, 5) is 16.4. The monoisotopic (exact) mass is 294 g/mol. The molecule has 0 bridgehead atoms. The third-order valence-electron chi connectivity index (χ3n) is 4.04. The number of aliphatic hydroxyl groups is 1. The molecule has 2 heterocycles. The maximum Gasteiger partial charge on any atom is 0.257 e. The second-order valence-corrected chi connectivity index (χ2v) is 6.88. The van der Waals surface area contributed by atoms with Crippen molar-refractivity contribution >= 4 is 5.91 Å². The second kappa shape index (κ2) is 6.15. The molecule has 1 aromatic rings. The van der Waals surface area contributed by atoms with Gasteiger partial charge in [0, 0.05) is 46.0 Å². The van der Waals surface area contributed by atoms with Gasteiger partial charge < -0.3 is 10.0 Å². The summed E-state index contributed by atoms with van der Waals surface area (Å²) in [5.74, 6) is 0.0409. The maximum atomic E-state index is 12.3. The Morgan fingerprint density at radius 2 is 1.95 bits per heavy atom. The number of piperazine rings is 1. The minimum Gasteiger partial charge on any atom is -0.391 e. The Hall–Kier alpha value is -1.40. The third kappa shape index (κ3) is 4.04. The maximum absolute atomic E-state index is 12.3. The molecule has 0 spiro atoms. The van der Waals surface area contributed by atoms with Crippen LogP contribution < -0.4 is 0 Å². The van der Waals surface area contributed by atoms with Crippen molar-refractivity contribution in [1.82, 2.24) is 19.6 Å². The standard InChI is InChI=1S/C15H26N4O2/c1-15(2,3)13(20)11-18-5-7-19(8-6-18)14(21)12-9-16-17(4)10-12/h9-10,13,20H,5-8,11H2,1-4H3/t13-/m1/s1. The zero-order valence-electron chi connectivity index (χ0n) is 13.4. The lowest BCUT2D eigenvalue weighted by Crippen LogP contribution is -2.51. The topological polar surface area (TPSA) is 61.6 Å². The van der Waals surface area contributed by atoms with Gasteiger partial charge in [-0.05, 0) is 5.41 Å². The largest absolute Gasteiger partial charge is 0.391 e. The summed E-state index contributed by atoms with van der Waals surface area (Å²) in [6.07, 6.45) is 3.01. The van der Waals surface area contributed by atoms with E-state index in [1.54, 1.807) is 17.1 Å². The van der Waals surface area contributed by atoms with Gasteiger partial charge in [0.15, 0.2) is 0 Å². The van der Waals surface area contributed by atoms with Crippen molar-refractivity contribution in [2.45, 2.75) is 26.9 Å². The molecule has 1 fully saturated rings. The fourth-order valence-corrected chi connectivity index (χ4v) is 2.37. The van der Waals surface area contributed by atoms with Crippen molar-refractivity contribution in [2.75, 3.05) is 32.7 Å². The number of hydrogen-bond donors (Lipinski definition) is 1. The Morgan fingerprint density at radius 1 is 1.33 bits per heavy atom. The van der Waals surface area contributed by atoms with Crippen LogP contribution in [0.4, 0.5) is 0 Å². The van der Waals surface area contributed by atoms with E-state index in [0.29, 0.717) is 25.2 Å². The van der Waals surface area contributed by atoms with Gasteiger partial charge in [0.05, 0.1) is 17.9 Å². The summed E-state index contributed by atoms with van der Waals surface area (Å²) in [6.45, 7) is 9.80. The van der Waals surface area contributed by atoms with E-state index in [4.69, 9.17) is 0 Å². The van der Waals surface area contributed by atoms with Crippen LogP contribution in [0.2, 0.25) is 0 Å². The predicted octanol–water partition coefficient (Wildman–Crippen LogP) is 0.585. The van der Waals surface area contributed by atoms with Crippen molar-refractivity contribution in [1.29, 1.82) is 0 Å². The highest BCUT2D eigenvalue weighted by molar-refractivity contribution is 5.93. The summed E-state index contributed by atoms with van der Waals surface area (Å²) in [5.41, 5.74) is 0.531. The molecule has 1 aliphatic heterocycles. The summed E-state index contributed by atoms with van der Waals surface area (Å²) < 4.78 is 1.64.